The number of anilines is 1. The molecule has 0 unspecified atom stereocenters. The molecular weight excluding hydrogens is 515 g/mol. The molecule has 2 amide bonds. The monoisotopic (exact) mass is 548 g/mol. The Morgan fingerprint density at radius 1 is 1.20 bits per heavy atom. The quantitative estimate of drug-likeness (QED) is 0.182. The molecule has 0 saturated carbocycles. The first-order valence-corrected chi connectivity index (χ1v) is 13.7. The lowest BCUT2D eigenvalue weighted by Gasteiger charge is -2.33. The van der Waals surface area contributed by atoms with Gasteiger partial charge in [-0.05, 0) is 60.9 Å². The summed E-state index contributed by atoms with van der Waals surface area (Å²) < 4.78 is 20.1. The first kappa shape index (κ1) is 27.7. The van der Waals surface area contributed by atoms with Gasteiger partial charge in [-0.1, -0.05) is 50.1 Å². The van der Waals surface area contributed by atoms with Gasteiger partial charge in [0.1, 0.15) is 0 Å². The summed E-state index contributed by atoms with van der Waals surface area (Å²) in [7, 11) is 0. The van der Waals surface area contributed by atoms with E-state index in [1.165, 1.54) is 30.3 Å². The van der Waals surface area contributed by atoms with Gasteiger partial charge >= 0.3 is 0 Å². The molecule has 4 atom stereocenters. The summed E-state index contributed by atoms with van der Waals surface area (Å²) in [6.45, 7) is 6.56. The predicted molar refractivity (Wildman–Crippen MR) is 148 cm³/mol. The van der Waals surface area contributed by atoms with Gasteiger partial charge in [0.05, 0.1) is 35.2 Å². The normalized spacial score (nSPS) is 24.6. The molecule has 1 N–H and O–H groups in total. The fourth-order valence-electron chi connectivity index (χ4n) is 6.48. The maximum atomic E-state index is 13.8. The minimum absolute atomic E-state index is 0.165. The van der Waals surface area contributed by atoms with E-state index in [0.29, 0.717) is 31.4 Å². The number of aromatic hydroxyl groups is 1. The maximum Gasteiger partial charge on any atom is 0.271 e. The van der Waals surface area contributed by atoms with Gasteiger partial charge in [0.25, 0.3) is 5.69 Å². The molecule has 210 valence electrons. The van der Waals surface area contributed by atoms with Crippen molar-refractivity contribution in [1.82, 2.24) is 0 Å². The predicted octanol–water partition coefficient (Wildman–Crippen LogP) is 6.19. The lowest BCUT2D eigenvalue weighted by Crippen LogP contribution is -2.35. The van der Waals surface area contributed by atoms with Gasteiger partial charge in [-0.25, -0.2) is 9.29 Å². The van der Waals surface area contributed by atoms with Crippen LogP contribution in [0.3, 0.4) is 0 Å². The van der Waals surface area contributed by atoms with E-state index in [-0.39, 0.29) is 46.9 Å². The van der Waals surface area contributed by atoms with Crippen LogP contribution in [0.5, 0.6) is 5.75 Å². The molecule has 2 aromatic rings. The Kier molecular flexibility index (Phi) is 7.59. The van der Waals surface area contributed by atoms with Crippen LogP contribution in [0.1, 0.15) is 52.0 Å². The Balaban J connectivity index is 1.40. The average Bonchev–Trinajstić information content (AvgIpc) is 3.46. The number of fused-ring (bicyclic) bond motifs is 3. The van der Waals surface area contributed by atoms with E-state index in [2.05, 4.69) is 13.8 Å². The van der Waals surface area contributed by atoms with Crippen molar-refractivity contribution in [2.75, 3.05) is 11.5 Å². The molecule has 2 fully saturated rings. The summed E-state index contributed by atoms with van der Waals surface area (Å²) in [4.78, 5) is 39.2. The highest BCUT2D eigenvalue weighted by atomic mass is 19.1. The standard InChI is InChI=1S/C31H33FN2O6/c1-4-18(12-19-8-10-26(35)25(32)13-19)9-11-27-28-22(17(2)3)15-23-29(24(28)16-40-27)31(37)33(30(23)36)20-6-5-7-21(14-20)34(38)39/h5-8,10,12-14,17,23-24,27,29,35H,4,9,11,15-16H2,1-3H3/b18-12+/t23-,24+,27-,29-/m1/s1. The average molecular weight is 549 g/mol. The van der Waals surface area contributed by atoms with Crippen LogP contribution < -0.4 is 4.90 Å². The number of imide groups is 1. The molecule has 3 aliphatic rings. The lowest BCUT2D eigenvalue weighted by molar-refractivity contribution is -0.384. The van der Waals surface area contributed by atoms with Crippen LogP contribution in [0.2, 0.25) is 0 Å². The topological polar surface area (TPSA) is 110 Å². The summed E-state index contributed by atoms with van der Waals surface area (Å²) in [5, 5.41) is 20.8. The van der Waals surface area contributed by atoms with Crippen molar-refractivity contribution in [2.24, 2.45) is 23.7 Å². The summed E-state index contributed by atoms with van der Waals surface area (Å²) in [5.74, 6) is -2.81. The fourth-order valence-corrected chi connectivity index (χ4v) is 6.48. The third kappa shape index (κ3) is 4.94. The van der Waals surface area contributed by atoms with E-state index in [0.717, 1.165) is 28.0 Å². The molecule has 0 radical (unpaired) electrons. The number of carbonyl (C=O) groups excluding carboxylic acids is 2. The molecule has 5 rings (SSSR count). The maximum absolute atomic E-state index is 13.8. The van der Waals surface area contributed by atoms with Gasteiger partial charge in [-0.3, -0.25) is 19.7 Å². The zero-order chi connectivity index (χ0) is 28.7. The number of non-ortho nitro benzene ring substituents is 1. The van der Waals surface area contributed by atoms with Crippen LogP contribution in [0, 0.1) is 39.6 Å². The van der Waals surface area contributed by atoms with E-state index in [9.17, 15) is 29.2 Å². The first-order chi connectivity index (χ1) is 19.1. The Bertz CT molecular complexity index is 1430. The van der Waals surface area contributed by atoms with Crippen LogP contribution in [0.25, 0.3) is 6.08 Å². The van der Waals surface area contributed by atoms with E-state index in [4.69, 9.17) is 4.74 Å². The van der Waals surface area contributed by atoms with Crippen LogP contribution in [-0.4, -0.2) is 34.6 Å². The molecule has 1 aliphatic carbocycles. The van der Waals surface area contributed by atoms with Crippen molar-refractivity contribution in [1.29, 1.82) is 0 Å². The van der Waals surface area contributed by atoms with Crippen LogP contribution in [0.4, 0.5) is 15.8 Å². The minimum atomic E-state index is -0.662. The van der Waals surface area contributed by atoms with Gasteiger partial charge in [-0.15, -0.1) is 0 Å². The Morgan fingerprint density at radius 2 is 1.98 bits per heavy atom. The van der Waals surface area contributed by atoms with Gasteiger partial charge < -0.3 is 9.84 Å². The molecule has 2 saturated heterocycles. The zero-order valence-electron chi connectivity index (χ0n) is 22.8. The largest absolute Gasteiger partial charge is 0.505 e. The second kappa shape index (κ2) is 11.0. The number of phenols is 1. The van der Waals surface area contributed by atoms with E-state index in [1.54, 1.807) is 12.1 Å². The Labute approximate surface area is 232 Å². The molecule has 40 heavy (non-hydrogen) atoms. The van der Waals surface area contributed by atoms with Crippen molar-refractivity contribution in [3.8, 4) is 5.75 Å². The highest BCUT2D eigenvalue weighted by Crippen LogP contribution is 2.52. The van der Waals surface area contributed by atoms with Gasteiger partial charge in [-0.2, -0.15) is 0 Å². The second-order valence-electron chi connectivity index (χ2n) is 11.1. The molecule has 2 aliphatic heterocycles. The fraction of sp³-hybridized carbons (Fsp3) is 0.419. The van der Waals surface area contributed by atoms with Crippen molar-refractivity contribution in [3.05, 3.63) is 80.7 Å². The third-order valence-corrected chi connectivity index (χ3v) is 8.46. The van der Waals surface area contributed by atoms with Crippen LogP contribution >= 0.6 is 0 Å². The van der Waals surface area contributed by atoms with Crippen molar-refractivity contribution >= 4 is 29.3 Å². The Hall–Kier alpha value is -3.85. The van der Waals surface area contributed by atoms with Crippen molar-refractivity contribution < 1.29 is 28.7 Å². The number of nitrogens with zero attached hydrogens (tertiary/aromatic N) is 2. The first-order valence-electron chi connectivity index (χ1n) is 13.7. The molecule has 0 bridgehead atoms. The number of phenolic OH excluding ortho intramolecular Hbond substituents is 1. The summed E-state index contributed by atoms with van der Waals surface area (Å²) in [5.41, 5.74) is 4.11. The smallest absolute Gasteiger partial charge is 0.271 e. The highest BCUT2D eigenvalue weighted by Gasteiger charge is 2.57. The van der Waals surface area contributed by atoms with Crippen LogP contribution in [0.15, 0.2) is 59.2 Å². The van der Waals surface area contributed by atoms with Crippen LogP contribution in [-0.2, 0) is 14.3 Å². The molecule has 0 aromatic heterocycles. The number of hydrogen-bond donors (Lipinski definition) is 1. The highest BCUT2D eigenvalue weighted by molar-refractivity contribution is 6.22. The zero-order valence-corrected chi connectivity index (χ0v) is 22.8. The van der Waals surface area contributed by atoms with Gasteiger partial charge in [0.2, 0.25) is 11.8 Å². The number of ether oxygens (including phenoxy) is 1. The summed E-state index contributed by atoms with van der Waals surface area (Å²) >= 11 is 0. The van der Waals surface area contributed by atoms with E-state index < -0.39 is 22.6 Å². The number of carbonyl (C=O) groups is 2. The van der Waals surface area contributed by atoms with E-state index in [1.807, 2.05) is 13.0 Å². The van der Waals surface area contributed by atoms with Crippen molar-refractivity contribution in [3.63, 3.8) is 0 Å². The number of nitro groups is 1. The minimum Gasteiger partial charge on any atom is -0.505 e. The summed E-state index contributed by atoms with van der Waals surface area (Å²) in [6, 6.07) is 9.98. The number of amides is 2. The molecule has 0 spiro atoms. The lowest BCUT2D eigenvalue weighted by atomic mass is 9.67. The number of allylic oxidation sites excluding steroid dienone is 2. The second-order valence-corrected chi connectivity index (χ2v) is 11.1. The number of halogens is 1. The molecule has 2 heterocycles. The number of hydrogen-bond acceptors (Lipinski definition) is 6. The molecule has 9 heteroatoms. The van der Waals surface area contributed by atoms with Crippen molar-refractivity contribution in [2.45, 2.75) is 52.6 Å². The summed E-state index contributed by atoms with van der Waals surface area (Å²) in [6.07, 6.45) is 4.38. The molecular formula is C31H33FN2O6. The number of rotatable bonds is 8. The third-order valence-electron chi connectivity index (χ3n) is 8.46. The molecule has 8 nitrogen and oxygen atoms in total. The van der Waals surface area contributed by atoms with E-state index >= 15 is 0 Å². The number of nitro benzene ring substituents is 1. The SMILES string of the molecule is CC/C(=C\c1ccc(O)c(F)c1)CC[C@H]1OC[C@H]2C1=C(C(C)C)C[C@H]1C(=O)N(c3cccc([N+](=O)[O-])c3)C(=O)[C@H]12. The van der Waals surface area contributed by atoms with Gasteiger partial charge in [0, 0.05) is 18.1 Å². The molecule has 2 aromatic carbocycles. The number of benzene rings is 2. The van der Waals surface area contributed by atoms with Gasteiger partial charge in [0.15, 0.2) is 11.6 Å². The Morgan fingerprint density at radius 3 is 2.65 bits per heavy atom.